The molecule has 180 valence electrons. The zero-order chi connectivity index (χ0) is 24.6. The van der Waals surface area contributed by atoms with Crippen LogP contribution in [0.3, 0.4) is 0 Å². The van der Waals surface area contributed by atoms with E-state index in [1.807, 2.05) is 84.9 Å². The predicted molar refractivity (Wildman–Crippen MR) is 143 cm³/mol. The number of esters is 1. The molecule has 0 saturated heterocycles. The van der Waals surface area contributed by atoms with E-state index in [2.05, 4.69) is 22.6 Å². The van der Waals surface area contributed by atoms with E-state index >= 15 is 0 Å². The second-order valence-corrected chi connectivity index (χ2v) is 8.62. The third kappa shape index (κ3) is 5.79. The molecule has 7 heteroatoms. The quantitative estimate of drug-likeness (QED) is 0.159. The molecule has 0 atom stereocenters. The minimum absolute atomic E-state index is 0.238. The van der Waals surface area contributed by atoms with Crippen LogP contribution < -0.4 is 14.2 Å². The molecule has 0 saturated carbocycles. The van der Waals surface area contributed by atoms with Crippen LogP contribution in [-0.2, 0) is 18.0 Å². The first kappa shape index (κ1) is 24.7. The van der Waals surface area contributed by atoms with E-state index in [1.54, 1.807) is 18.6 Å². The minimum atomic E-state index is -0.487. The van der Waals surface area contributed by atoms with E-state index in [-0.39, 0.29) is 18.9 Å². The van der Waals surface area contributed by atoms with Crippen LogP contribution in [0.25, 0.3) is 5.69 Å². The smallest absolute Gasteiger partial charge is 0.359 e. The lowest BCUT2D eigenvalue weighted by Gasteiger charge is -2.12. The Hall–Kier alpha value is -3.46. The normalized spacial score (nSPS) is 10.6. The van der Waals surface area contributed by atoms with Crippen LogP contribution in [0.4, 0.5) is 0 Å². The van der Waals surface area contributed by atoms with Gasteiger partial charge in [-0.05, 0) is 64.9 Å². The van der Waals surface area contributed by atoms with E-state index < -0.39 is 5.97 Å². The standard InChI is InChI=1S/C28H26INO5/c1-3-33-28(31)24-25(34-18-20-10-6-4-7-11-20)26(35-19-21-12-8-5-9-13-21)27(29)30(24)22-14-16-23(32-2)17-15-22/h4-17H,3,18-19H2,1-2H3. The maximum absolute atomic E-state index is 13.2. The molecule has 35 heavy (non-hydrogen) atoms. The molecule has 0 aliphatic rings. The fourth-order valence-corrected chi connectivity index (χ4v) is 4.50. The van der Waals surface area contributed by atoms with Gasteiger partial charge in [0.25, 0.3) is 0 Å². The number of rotatable bonds is 10. The molecular formula is C28H26INO5. The molecule has 1 heterocycles. The summed E-state index contributed by atoms with van der Waals surface area (Å²) < 4.78 is 25.8. The van der Waals surface area contributed by atoms with Crippen molar-refractivity contribution in [3.05, 3.63) is 105 Å². The number of hydrogen-bond donors (Lipinski definition) is 0. The zero-order valence-corrected chi connectivity index (χ0v) is 21.7. The van der Waals surface area contributed by atoms with E-state index in [4.69, 9.17) is 18.9 Å². The Morgan fingerprint density at radius 3 is 1.86 bits per heavy atom. The molecule has 0 aliphatic carbocycles. The monoisotopic (exact) mass is 583 g/mol. The highest BCUT2D eigenvalue weighted by molar-refractivity contribution is 14.1. The lowest BCUT2D eigenvalue weighted by Crippen LogP contribution is -2.13. The Morgan fingerprint density at radius 1 is 0.800 bits per heavy atom. The molecule has 0 amide bonds. The summed E-state index contributed by atoms with van der Waals surface area (Å²) in [5.74, 6) is 1.07. The van der Waals surface area contributed by atoms with E-state index in [0.29, 0.717) is 21.8 Å². The Morgan fingerprint density at radius 2 is 1.34 bits per heavy atom. The summed E-state index contributed by atoms with van der Waals surface area (Å²) >= 11 is 2.19. The maximum Gasteiger partial charge on any atom is 0.359 e. The zero-order valence-electron chi connectivity index (χ0n) is 19.6. The molecule has 4 aromatic rings. The molecule has 0 N–H and O–H groups in total. The summed E-state index contributed by atoms with van der Waals surface area (Å²) in [6.45, 7) is 2.62. The number of benzene rings is 3. The molecule has 0 fully saturated rings. The summed E-state index contributed by atoms with van der Waals surface area (Å²) in [4.78, 5) is 13.2. The second-order valence-electron chi connectivity index (χ2n) is 7.60. The number of nitrogens with zero attached hydrogens (tertiary/aromatic N) is 1. The van der Waals surface area contributed by atoms with Gasteiger partial charge >= 0.3 is 5.97 Å². The van der Waals surface area contributed by atoms with Crippen LogP contribution in [0.2, 0.25) is 0 Å². The molecule has 0 radical (unpaired) electrons. The Balaban J connectivity index is 1.81. The lowest BCUT2D eigenvalue weighted by molar-refractivity contribution is 0.0511. The van der Waals surface area contributed by atoms with Crippen molar-refractivity contribution < 1.29 is 23.7 Å². The molecule has 0 unspecified atom stereocenters. The fraction of sp³-hybridized carbons (Fsp3) is 0.179. The fourth-order valence-electron chi connectivity index (χ4n) is 3.58. The summed E-state index contributed by atoms with van der Waals surface area (Å²) in [7, 11) is 1.61. The van der Waals surface area contributed by atoms with Crippen LogP contribution in [-0.4, -0.2) is 24.3 Å². The summed E-state index contributed by atoms with van der Waals surface area (Å²) in [5, 5.41) is 0. The summed E-state index contributed by atoms with van der Waals surface area (Å²) in [6.07, 6.45) is 0. The van der Waals surface area contributed by atoms with E-state index in [0.717, 1.165) is 22.6 Å². The van der Waals surface area contributed by atoms with Crippen molar-refractivity contribution in [1.29, 1.82) is 0 Å². The van der Waals surface area contributed by atoms with Gasteiger partial charge in [0.2, 0.25) is 0 Å². The predicted octanol–water partition coefficient (Wildman–Crippen LogP) is 6.43. The number of aromatic nitrogens is 1. The Labute approximate surface area is 218 Å². The van der Waals surface area contributed by atoms with Gasteiger partial charge in [-0.2, -0.15) is 0 Å². The van der Waals surface area contributed by atoms with Crippen LogP contribution in [0, 0.1) is 3.70 Å². The number of ether oxygens (including phenoxy) is 4. The van der Waals surface area contributed by atoms with Crippen molar-refractivity contribution in [3.8, 4) is 22.9 Å². The largest absolute Gasteiger partial charge is 0.497 e. The van der Waals surface area contributed by atoms with Crippen molar-refractivity contribution >= 4 is 28.6 Å². The van der Waals surface area contributed by atoms with Gasteiger partial charge in [-0.1, -0.05) is 60.7 Å². The van der Waals surface area contributed by atoms with Crippen molar-refractivity contribution in [3.63, 3.8) is 0 Å². The molecule has 0 spiro atoms. The first-order valence-electron chi connectivity index (χ1n) is 11.2. The Kier molecular flexibility index (Phi) is 8.31. The van der Waals surface area contributed by atoms with Gasteiger partial charge in [-0.25, -0.2) is 4.79 Å². The highest BCUT2D eigenvalue weighted by atomic mass is 127. The average Bonchev–Trinajstić information content (AvgIpc) is 3.18. The highest BCUT2D eigenvalue weighted by Gasteiger charge is 2.31. The van der Waals surface area contributed by atoms with Gasteiger partial charge < -0.3 is 18.9 Å². The topological polar surface area (TPSA) is 58.9 Å². The van der Waals surface area contributed by atoms with Crippen LogP contribution in [0.1, 0.15) is 28.5 Å². The first-order chi connectivity index (χ1) is 17.1. The number of carbonyl (C=O) groups is 1. The van der Waals surface area contributed by atoms with Crippen molar-refractivity contribution in [1.82, 2.24) is 4.57 Å². The number of methoxy groups -OCH3 is 1. The van der Waals surface area contributed by atoms with Gasteiger partial charge in [0.1, 0.15) is 22.7 Å². The van der Waals surface area contributed by atoms with Crippen molar-refractivity contribution in [2.45, 2.75) is 20.1 Å². The maximum atomic E-state index is 13.2. The molecule has 0 bridgehead atoms. The van der Waals surface area contributed by atoms with Gasteiger partial charge in [0.05, 0.1) is 13.7 Å². The van der Waals surface area contributed by atoms with Crippen LogP contribution in [0.15, 0.2) is 84.9 Å². The first-order valence-corrected chi connectivity index (χ1v) is 12.3. The average molecular weight is 583 g/mol. The van der Waals surface area contributed by atoms with Gasteiger partial charge in [-0.15, -0.1) is 0 Å². The number of carbonyl (C=O) groups excluding carboxylic acids is 1. The van der Waals surface area contributed by atoms with E-state index in [1.165, 1.54) is 0 Å². The number of hydrogen-bond acceptors (Lipinski definition) is 5. The SMILES string of the molecule is CCOC(=O)c1c(OCc2ccccc2)c(OCc2ccccc2)c(I)n1-c1ccc(OC)cc1. The minimum Gasteiger partial charge on any atom is -0.497 e. The van der Waals surface area contributed by atoms with Crippen LogP contribution >= 0.6 is 22.6 Å². The summed E-state index contributed by atoms with van der Waals surface area (Å²) in [5.41, 5.74) is 3.02. The molecular weight excluding hydrogens is 557 g/mol. The van der Waals surface area contributed by atoms with Gasteiger partial charge in [0.15, 0.2) is 17.2 Å². The van der Waals surface area contributed by atoms with Crippen molar-refractivity contribution in [2.75, 3.05) is 13.7 Å². The lowest BCUT2D eigenvalue weighted by atomic mass is 10.2. The highest BCUT2D eigenvalue weighted by Crippen LogP contribution is 2.42. The third-order valence-electron chi connectivity index (χ3n) is 5.28. The van der Waals surface area contributed by atoms with E-state index in [9.17, 15) is 4.79 Å². The molecule has 1 aromatic heterocycles. The third-order valence-corrected chi connectivity index (χ3v) is 6.25. The summed E-state index contributed by atoms with van der Waals surface area (Å²) in [6, 6.07) is 27.1. The van der Waals surface area contributed by atoms with Gasteiger partial charge in [-0.3, -0.25) is 4.57 Å². The molecule has 3 aromatic carbocycles. The Bertz CT molecular complexity index is 1250. The van der Waals surface area contributed by atoms with Crippen LogP contribution in [0.5, 0.6) is 17.2 Å². The van der Waals surface area contributed by atoms with Gasteiger partial charge in [0, 0.05) is 5.69 Å². The molecule has 4 rings (SSSR count). The van der Waals surface area contributed by atoms with Crippen molar-refractivity contribution in [2.24, 2.45) is 0 Å². The molecule has 0 aliphatic heterocycles. The molecule has 6 nitrogen and oxygen atoms in total. The second kappa shape index (κ2) is 11.8. The number of halogens is 1.